The maximum Gasteiger partial charge on any atom is 0.341 e. The maximum absolute atomic E-state index is 12.8. The molecule has 1 amide bonds. The average Bonchev–Trinajstić information content (AvgIpc) is 3.28. The third-order valence-corrected chi connectivity index (χ3v) is 6.66. The fourth-order valence-corrected chi connectivity index (χ4v) is 5.07. The van der Waals surface area contributed by atoms with Gasteiger partial charge < -0.3 is 19.7 Å². The zero-order valence-electron chi connectivity index (χ0n) is 19.5. The lowest BCUT2D eigenvalue weighted by Crippen LogP contribution is -2.48. The van der Waals surface area contributed by atoms with E-state index in [4.69, 9.17) is 9.47 Å². The summed E-state index contributed by atoms with van der Waals surface area (Å²) in [6.45, 7) is 6.01. The van der Waals surface area contributed by atoms with Gasteiger partial charge in [-0.05, 0) is 24.6 Å². The molecule has 4 rings (SSSR count). The first-order valence-corrected chi connectivity index (χ1v) is 12.2. The molecule has 0 saturated carbocycles. The summed E-state index contributed by atoms with van der Waals surface area (Å²) >= 11 is 1.34. The van der Waals surface area contributed by atoms with Crippen molar-refractivity contribution in [1.82, 2.24) is 4.90 Å². The van der Waals surface area contributed by atoms with Gasteiger partial charge in [-0.15, -0.1) is 11.3 Å². The van der Waals surface area contributed by atoms with Crippen LogP contribution in [0, 0.1) is 0 Å². The summed E-state index contributed by atoms with van der Waals surface area (Å²) in [6, 6.07) is 17.7. The van der Waals surface area contributed by atoms with Crippen LogP contribution in [0.5, 0.6) is 5.75 Å². The molecular formula is C26H29N3O4S. The molecule has 178 valence electrons. The zero-order valence-corrected chi connectivity index (χ0v) is 20.3. The number of hydrogen-bond acceptors (Lipinski definition) is 7. The largest absolute Gasteiger partial charge is 0.492 e. The van der Waals surface area contributed by atoms with Gasteiger partial charge in [0.2, 0.25) is 5.91 Å². The van der Waals surface area contributed by atoms with Crippen LogP contribution >= 0.6 is 11.3 Å². The molecule has 2 heterocycles. The van der Waals surface area contributed by atoms with Crippen LogP contribution < -0.4 is 15.0 Å². The van der Waals surface area contributed by atoms with Gasteiger partial charge in [-0.25, -0.2) is 4.79 Å². The minimum atomic E-state index is -0.461. The second-order valence-corrected chi connectivity index (χ2v) is 8.80. The first-order chi connectivity index (χ1) is 16.6. The second kappa shape index (κ2) is 11.2. The van der Waals surface area contributed by atoms with E-state index in [0.717, 1.165) is 48.7 Å². The molecule has 1 saturated heterocycles. The van der Waals surface area contributed by atoms with Crippen molar-refractivity contribution in [3.63, 3.8) is 0 Å². The first-order valence-electron chi connectivity index (χ1n) is 11.3. The van der Waals surface area contributed by atoms with E-state index in [2.05, 4.69) is 21.2 Å². The zero-order chi connectivity index (χ0) is 23.9. The molecule has 0 bridgehead atoms. The van der Waals surface area contributed by atoms with Crippen molar-refractivity contribution >= 4 is 33.9 Å². The Balaban J connectivity index is 1.39. The Hall–Kier alpha value is -3.36. The molecule has 0 radical (unpaired) electrons. The van der Waals surface area contributed by atoms with Crippen molar-refractivity contribution in [2.75, 3.05) is 56.7 Å². The lowest BCUT2D eigenvalue weighted by Gasteiger charge is -2.36. The van der Waals surface area contributed by atoms with Crippen LogP contribution in [0.1, 0.15) is 17.3 Å². The Kier molecular flexibility index (Phi) is 7.82. The SMILES string of the molecule is CCOc1ccccc1N1CCN(CC(=O)Nc2scc(-c3ccccc3)c2C(=O)OC)CC1. The van der Waals surface area contributed by atoms with E-state index in [9.17, 15) is 9.59 Å². The molecule has 1 aliphatic rings. The van der Waals surface area contributed by atoms with Gasteiger partial charge >= 0.3 is 5.97 Å². The summed E-state index contributed by atoms with van der Waals surface area (Å²) in [6.07, 6.45) is 0. The minimum Gasteiger partial charge on any atom is -0.492 e. The lowest BCUT2D eigenvalue weighted by atomic mass is 10.0. The summed E-state index contributed by atoms with van der Waals surface area (Å²) in [5.41, 5.74) is 3.14. The second-order valence-electron chi connectivity index (χ2n) is 7.92. The van der Waals surface area contributed by atoms with E-state index in [1.807, 2.05) is 60.8 Å². The quantitative estimate of drug-likeness (QED) is 0.484. The van der Waals surface area contributed by atoms with Crippen LogP contribution in [0.3, 0.4) is 0 Å². The Morgan fingerprint density at radius 1 is 1.00 bits per heavy atom. The number of esters is 1. The molecule has 2 aromatic carbocycles. The molecule has 3 aromatic rings. The average molecular weight is 480 g/mol. The number of methoxy groups -OCH3 is 1. The van der Waals surface area contributed by atoms with Gasteiger partial charge in [-0.1, -0.05) is 42.5 Å². The first kappa shape index (κ1) is 23.8. The number of rotatable bonds is 8. The Bertz CT molecular complexity index is 1120. The predicted octanol–water partition coefficient (Wildman–Crippen LogP) is 4.36. The number of nitrogens with zero attached hydrogens (tertiary/aromatic N) is 2. The smallest absolute Gasteiger partial charge is 0.341 e. The minimum absolute atomic E-state index is 0.144. The van der Waals surface area contributed by atoms with Crippen LogP contribution in [0.15, 0.2) is 60.0 Å². The molecule has 1 aromatic heterocycles. The molecule has 1 aliphatic heterocycles. The molecule has 0 spiro atoms. The van der Waals surface area contributed by atoms with Crippen LogP contribution in [0.4, 0.5) is 10.7 Å². The van der Waals surface area contributed by atoms with Crippen LogP contribution in [-0.4, -0.2) is 63.2 Å². The molecule has 0 atom stereocenters. The highest BCUT2D eigenvalue weighted by Gasteiger charge is 2.24. The van der Waals surface area contributed by atoms with Crippen molar-refractivity contribution in [3.05, 3.63) is 65.5 Å². The van der Waals surface area contributed by atoms with E-state index in [0.29, 0.717) is 17.2 Å². The van der Waals surface area contributed by atoms with Crippen molar-refractivity contribution in [2.24, 2.45) is 0 Å². The highest BCUT2D eigenvalue weighted by molar-refractivity contribution is 7.15. The lowest BCUT2D eigenvalue weighted by molar-refractivity contribution is -0.117. The van der Waals surface area contributed by atoms with Gasteiger partial charge in [0.15, 0.2) is 0 Å². The van der Waals surface area contributed by atoms with Crippen LogP contribution in [-0.2, 0) is 9.53 Å². The fraction of sp³-hybridized carbons (Fsp3) is 0.308. The van der Waals surface area contributed by atoms with Crippen molar-refractivity contribution in [3.8, 4) is 16.9 Å². The number of amides is 1. The van der Waals surface area contributed by atoms with E-state index in [1.165, 1.54) is 18.4 Å². The maximum atomic E-state index is 12.8. The number of carbonyl (C=O) groups is 2. The molecule has 0 aliphatic carbocycles. The number of ether oxygens (including phenoxy) is 2. The van der Waals surface area contributed by atoms with Gasteiger partial charge in [0, 0.05) is 37.1 Å². The van der Waals surface area contributed by atoms with Crippen LogP contribution in [0.2, 0.25) is 0 Å². The van der Waals surface area contributed by atoms with Gasteiger partial charge in [0.25, 0.3) is 0 Å². The highest BCUT2D eigenvalue weighted by atomic mass is 32.1. The number of nitrogens with one attached hydrogen (secondary N) is 1. The topological polar surface area (TPSA) is 71.1 Å². The van der Waals surface area contributed by atoms with Gasteiger partial charge in [-0.3, -0.25) is 9.69 Å². The predicted molar refractivity (Wildman–Crippen MR) is 136 cm³/mol. The number of thiophene rings is 1. The van der Waals surface area contributed by atoms with Crippen molar-refractivity contribution < 1.29 is 19.1 Å². The third kappa shape index (κ3) is 5.40. The monoisotopic (exact) mass is 479 g/mol. The number of anilines is 2. The number of piperazine rings is 1. The molecular weight excluding hydrogens is 450 g/mol. The summed E-state index contributed by atoms with van der Waals surface area (Å²) in [7, 11) is 1.35. The number of para-hydroxylation sites is 2. The Morgan fingerprint density at radius 3 is 2.41 bits per heavy atom. The highest BCUT2D eigenvalue weighted by Crippen LogP contribution is 2.36. The summed E-state index contributed by atoms with van der Waals surface area (Å²) in [4.78, 5) is 29.8. The Labute approximate surface area is 203 Å². The molecule has 0 unspecified atom stereocenters. The summed E-state index contributed by atoms with van der Waals surface area (Å²) in [5, 5.41) is 5.33. The molecule has 1 fully saturated rings. The van der Waals surface area contributed by atoms with E-state index in [-0.39, 0.29) is 12.5 Å². The van der Waals surface area contributed by atoms with Gasteiger partial charge in [0.05, 0.1) is 25.9 Å². The number of benzene rings is 2. The van der Waals surface area contributed by atoms with Gasteiger partial charge in [-0.2, -0.15) is 0 Å². The van der Waals surface area contributed by atoms with E-state index >= 15 is 0 Å². The standard InChI is InChI=1S/C26H29N3O4S/c1-3-33-22-12-8-7-11-21(22)29-15-13-28(14-16-29)17-23(30)27-25-24(26(31)32-2)20(18-34-25)19-9-5-4-6-10-19/h4-12,18H,3,13-17H2,1-2H3,(H,27,30). The number of carbonyl (C=O) groups excluding carboxylic acids is 2. The summed E-state index contributed by atoms with van der Waals surface area (Å²) < 4.78 is 10.8. The van der Waals surface area contributed by atoms with E-state index < -0.39 is 5.97 Å². The molecule has 8 heteroatoms. The summed E-state index contributed by atoms with van der Waals surface area (Å²) in [5.74, 6) is 0.283. The van der Waals surface area contributed by atoms with Crippen molar-refractivity contribution in [2.45, 2.75) is 6.92 Å². The van der Waals surface area contributed by atoms with Crippen molar-refractivity contribution in [1.29, 1.82) is 0 Å². The van der Waals surface area contributed by atoms with Crippen LogP contribution in [0.25, 0.3) is 11.1 Å². The normalized spacial score (nSPS) is 14.0. The third-order valence-electron chi connectivity index (χ3n) is 5.76. The number of hydrogen-bond donors (Lipinski definition) is 1. The molecule has 34 heavy (non-hydrogen) atoms. The Morgan fingerprint density at radius 2 is 1.71 bits per heavy atom. The van der Waals surface area contributed by atoms with E-state index in [1.54, 1.807) is 0 Å². The fourth-order valence-electron chi connectivity index (χ4n) is 4.10. The molecule has 7 nitrogen and oxygen atoms in total. The van der Waals surface area contributed by atoms with Gasteiger partial charge in [0.1, 0.15) is 16.3 Å². The molecule has 1 N–H and O–H groups in total.